The lowest BCUT2D eigenvalue weighted by Gasteiger charge is -2.13. The quantitative estimate of drug-likeness (QED) is 0.897. The van der Waals surface area contributed by atoms with Crippen LogP contribution >= 0.6 is 0 Å². The Balaban J connectivity index is 2.05. The lowest BCUT2D eigenvalue weighted by atomic mass is 9.98. The summed E-state index contributed by atoms with van der Waals surface area (Å²) in [6.07, 6.45) is 0.806. The van der Waals surface area contributed by atoms with Crippen molar-refractivity contribution in [1.29, 1.82) is 0 Å². The van der Waals surface area contributed by atoms with Gasteiger partial charge in [-0.2, -0.15) is 0 Å². The molecular formula is C16H17F2N. The van der Waals surface area contributed by atoms with E-state index in [1.165, 1.54) is 23.8 Å². The van der Waals surface area contributed by atoms with Crippen LogP contribution in [0, 0.1) is 18.6 Å². The summed E-state index contributed by atoms with van der Waals surface area (Å²) >= 11 is 0. The van der Waals surface area contributed by atoms with Crippen LogP contribution in [-0.2, 0) is 12.8 Å². The molecule has 2 N–H and O–H groups in total. The van der Waals surface area contributed by atoms with Crippen molar-refractivity contribution in [3.05, 3.63) is 70.8 Å². The molecule has 1 nitrogen and oxygen atoms in total. The highest BCUT2D eigenvalue weighted by atomic mass is 19.1. The Kier molecular flexibility index (Phi) is 4.27. The minimum Gasteiger partial charge on any atom is -0.327 e. The summed E-state index contributed by atoms with van der Waals surface area (Å²) in [5.74, 6) is -1.06. The number of nitrogens with two attached hydrogens (primary N) is 1. The highest BCUT2D eigenvalue weighted by molar-refractivity contribution is 5.24. The minimum absolute atomic E-state index is 0.0714. The standard InChI is InChI=1S/C16H17F2N/c1-11-5-7-12(8-6-11)9-13(19)10-14-15(17)3-2-4-16(14)18/h2-8,13H,9-10,19H2,1H3. The highest BCUT2D eigenvalue weighted by Crippen LogP contribution is 2.15. The molecule has 1 atom stereocenters. The number of rotatable bonds is 4. The van der Waals surface area contributed by atoms with Crippen LogP contribution in [0.1, 0.15) is 16.7 Å². The summed E-state index contributed by atoms with van der Waals surface area (Å²) in [4.78, 5) is 0. The molecule has 0 fully saturated rings. The average Bonchev–Trinajstić information content (AvgIpc) is 2.37. The van der Waals surface area contributed by atoms with Gasteiger partial charge in [0, 0.05) is 11.6 Å². The molecule has 0 saturated heterocycles. The second-order valence-electron chi connectivity index (χ2n) is 4.85. The largest absolute Gasteiger partial charge is 0.327 e. The van der Waals surface area contributed by atoms with E-state index in [0.29, 0.717) is 6.42 Å². The fourth-order valence-corrected chi connectivity index (χ4v) is 2.09. The number of hydrogen-bond donors (Lipinski definition) is 1. The first-order valence-electron chi connectivity index (χ1n) is 6.30. The minimum atomic E-state index is -0.528. The van der Waals surface area contributed by atoms with Crippen molar-refractivity contribution in [2.24, 2.45) is 5.73 Å². The third kappa shape index (κ3) is 3.61. The number of benzene rings is 2. The van der Waals surface area contributed by atoms with Gasteiger partial charge in [-0.25, -0.2) is 8.78 Å². The summed E-state index contributed by atoms with van der Waals surface area (Å²) in [5.41, 5.74) is 8.31. The van der Waals surface area contributed by atoms with Crippen molar-refractivity contribution in [2.75, 3.05) is 0 Å². The summed E-state index contributed by atoms with van der Waals surface area (Å²) in [6, 6.07) is 11.6. The van der Waals surface area contributed by atoms with Gasteiger partial charge in [-0.3, -0.25) is 0 Å². The van der Waals surface area contributed by atoms with E-state index in [0.717, 1.165) is 5.56 Å². The van der Waals surface area contributed by atoms with E-state index in [4.69, 9.17) is 5.73 Å². The molecule has 0 spiro atoms. The smallest absolute Gasteiger partial charge is 0.129 e. The van der Waals surface area contributed by atoms with Gasteiger partial charge in [-0.05, 0) is 37.5 Å². The van der Waals surface area contributed by atoms with Gasteiger partial charge >= 0.3 is 0 Å². The number of aryl methyl sites for hydroxylation is 1. The molecule has 0 heterocycles. The third-order valence-corrected chi connectivity index (χ3v) is 3.15. The topological polar surface area (TPSA) is 26.0 Å². The monoisotopic (exact) mass is 261 g/mol. The number of hydrogen-bond acceptors (Lipinski definition) is 1. The second kappa shape index (κ2) is 5.93. The molecule has 0 amide bonds. The van der Waals surface area contributed by atoms with E-state index in [2.05, 4.69) is 0 Å². The molecule has 1 unspecified atom stereocenters. The second-order valence-corrected chi connectivity index (χ2v) is 4.85. The van der Waals surface area contributed by atoms with Crippen LogP contribution < -0.4 is 5.73 Å². The van der Waals surface area contributed by atoms with E-state index < -0.39 is 11.6 Å². The molecule has 100 valence electrons. The fourth-order valence-electron chi connectivity index (χ4n) is 2.09. The van der Waals surface area contributed by atoms with Crippen molar-refractivity contribution in [1.82, 2.24) is 0 Å². The molecule has 19 heavy (non-hydrogen) atoms. The van der Waals surface area contributed by atoms with Crippen LogP contribution in [0.5, 0.6) is 0 Å². The Labute approximate surface area is 112 Å². The fraction of sp³-hybridized carbons (Fsp3) is 0.250. The maximum Gasteiger partial charge on any atom is 0.129 e. The van der Waals surface area contributed by atoms with Crippen LogP contribution in [-0.4, -0.2) is 6.04 Å². The van der Waals surface area contributed by atoms with Crippen molar-refractivity contribution >= 4 is 0 Å². The van der Waals surface area contributed by atoms with Gasteiger partial charge < -0.3 is 5.73 Å². The van der Waals surface area contributed by atoms with Crippen molar-refractivity contribution in [3.63, 3.8) is 0 Å². The molecule has 3 heteroatoms. The maximum atomic E-state index is 13.5. The summed E-state index contributed by atoms with van der Waals surface area (Å²) < 4.78 is 27.0. The van der Waals surface area contributed by atoms with Crippen molar-refractivity contribution in [3.8, 4) is 0 Å². The van der Waals surface area contributed by atoms with Crippen LogP contribution in [0.25, 0.3) is 0 Å². The first kappa shape index (κ1) is 13.7. The highest BCUT2D eigenvalue weighted by Gasteiger charge is 2.13. The zero-order valence-corrected chi connectivity index (χ0v) is 10.9. The molecule has 0 aliphatic heterocycles. The Morgan fingerprint density at radius 2 is 1.53 bits per heavy atom. The first-order valence-corrected chi connectivity index (χ1v) is 6.30. The van der Waals surface area contributed by atoms with Crippen LogP contribution in [0.4, 0.5) is 8.78 Å². The van der Waals surface area contributed by atoms with Gasteiger partial charge in [-0.1, -0.05) is 35.9 Å². The Morgan fingerprint density at radius 3 is 2.11 bits per heavy atom. The molecule has 2 aromatic rings. The average molecular weight is 261 g/mol. The molecule has 0 bridgehead atoms. The van der Waals surface area contributed by atoms with E-state index in [1.807, 2.05) is 31.2 Å². The summed E-state index contributed by atoms with van der Waals surface area (Å²) in [7, 11) is 0. The Hall–Kier alpha value is -1.74. The summed E-state index contributed by atoms with van der Waals surface area (Å²) in [5, 5.41) is 0. The van der Waals surface area contributed by atoms with E-state index in [-0.39, 0.29) is 18.0 Å². The molecule has 0 aliphatic rings. The lowest BCUT2D eigenvalue weighted by molar-refractivity contribution is 0.533. The molecule has 2 aromatic carbocycles. The molecule has 0 saturated carbocycles. The Bertz CT molecular complexity index is 529. The van der Waals surface area contributed by atoms with E-state index in [1.54, 1.807) is 0 Å². The third-order valence-electron chi connectivity index (χ3n) is 3.15. The van der Waals surface area contributed by atoms with Gasteiger partial charge in [0.15, 0.2) is 0 Å². The SMILES string of the molecule is Cc1ccc(CC(N)Cc2c(F)cccc2F)cc1. The van der Waals surface area contributed by atoms with E-state index in [9.17, 15) is 8.78 Å². The first-order chi connectivity index (χ1) is 9.06. The molecule has 2 rings (SSSR count). The predicted molar refractivity (Wildman–Crippen MR) is 72.9 cm³/mol. The van der Waals surface area contributed by atoms with Gasteiger partial charge in [0.2, 0.25) is 0 Å². The van der Waals surface area contributed by atoms with Crippen LogP contribution in [0.2, 0.25) is 0 Å². The Morgan fingerprint density at radius 1 is 0.947 bits per heavy atom. The number of halogens is 2. The molecular weight excluding hydrogens is 244 g/mol. The molecule has 0 radical (unpaired) electrons. The maximum absolute atomic E-state index is 13.5. The zero-order valence-electron chi connectivity index (χ0n) is 10.9. The normalized spacial score (nSPS) is 12.4. The molecule has 0 aliphatic carbocycles. The van der Waals surface area contributed by atoms with Crippen LogP contribution in [0.3, 0.4) is 0 Å². The van der Waals surface area contributed by atoms with E-state index >= 15 is 0 Å². The predicted octanol–water partition coefficient (Wildman–Crippen LogP) is 3.39. The van der Waals surface area contributed by atoms with Crippen molar-refractivity contribution < 1.29 is 8.78 Å². The lowest BCUT2D eigenvalue weighted by Crippen LogP contribution is -2.26. The van der Waals surface area contributed by atoms with Crippen molar-refractivity contribution in [2.45, 2.75) is 25.8 Å². The van der Waals surface area contributed by atoms with Crippen LogP contribution in [0.15, 0.2) is 42.5 Å². The molecule has 0 aromatic heterocycles. The summed E-state index contributed by atoms with van der Waals surface area (Å²) in [6.45, 7) is 2.01. The van der Waals surface area contributed by atoms with Gasteiger partial charge in [-0.15, -0.1) is 0 Å². The zero-order chi connectivity index (χ0) is 13.8. The van der Waals surface area contributed by atoms with Gasteiger partial charge in [0.05, 0.1) is 0 Å². The van der Waals surface area contributed by atoms with Gasteiger partial charge in [0.1, 0.15) is 11.6 Å². The van der Waals surface area contributed by atoms with Gasteiger partial charge in [0.25, 0.3) is 0 Å².